The highest BCUT2D eigenvalue weighted by molar-refractivity contribution is 7.89. The molecule has 0 radical (unpaired) electrons. The Hall–Kier alpha value is -2.38. The summed E-state index contributed by atoms with van der Waals surface area (Å²) in [6, 6.07) is 6.82. The lowest BCUT2D eigenvalue weighted by molar-refractivity contribution is -0.0752. The van der Waals surface area contributed by atoms with Gasteiger partial charge in [-0.15, -0.1) is 11.3 Å². The highest BCUT2D eigenvalue weighted by Gasteiger charge is 2.25. The van der Waals surface area contributed by atoms with Gasteiger partial charge < -0.3 is 14.2 Å². The Balaban J connectivity index is 2.13. The van der Waals surface area contributed by atoms with Crippen LogP contribution in [0.3, 0.4) is 0 Å². The molecule has 1 aromatic carbocycles. The molecule has 0 saturated carbocycles. The molecule has 0 saturated heterocycles. The van der Waals surface area contributed by atoms with Crippen LogP contribution in [0.4, 0.5) is 14.2 Å². The van der Waals surface area contributed by atoms with Crippen LogP contribution >= 0.6 is 11.3 Å². The van der Waals surface area contributed by atoms with Crippen molar-refractivity contribution in [1.29, 1.82) is 0 Å². The minimum Gasteiger partial charge on any atom is -0.444 e. The van der Waals surface area contributed by atoms with Gasteiger partial charge in [-0.1, -0.05) is 12.1 Å². The van der Waals surface area contributed by atoms with E-state index in [1.165, 1.54) is 25.3 Å². The number of aldehydes is 1. The number of nitrogens with one attached hydrogen (secondary N) is 2. The van der Waals surface area contributed by atoms with E-state index in [0.29, 0.717) is 11.8 Å². The molecule has 0 spiro atoms. The average Bonchev–Trinajstić information content (AvgIpc) is 3.13. The number of thiophene rings is 1. The smallest absolute Gasteiger partial charge is 0.412 e. The molecule has 2 rings (SSSR count). The zero-order valence-electron chi connectivity index (χ0n) is 18.7. The van der Waals surface area contributed by atoms with Crippen LogP contribution in [0.1, 0.15) is 48.5 Å². The van der Waals surface area contributed by atoms with E-state index in [4.69, 9.17) is 14.2 Å². The van der Waals surface area contributed by atoms with Crippen LogP contribution in [0.15, 0.2) is 35.2 Å². The molecule has 0 aliphatic heterocycles. The highest BCUT2D eigenvalue weighted by Crippen LogP contribution is 2.32. The Labute approximate surface area is 196 Å². The van der Waals surface area contributed by atoms with Crippen molar-refractivity contribution in [1.82, 2.24) is 4.72 Å². The van der Waals surface area contributed by atoms with Gasteiger partial charge in [0.2, 0.25) is 10.0 Å². The molecule has 9 nitrogen and oxygen atoms in total. The topological polar surface area (TPSA) is 120 Å². The third-order valence-corrected chi connectivity index (χ3v) is 6.65. The molecule has 1 atom stereocenters. The van der Waals surface area contributed by atoms with E-state index in [-0.39, 0.29) is 34.5 Å². The number of carbonyl (C=O) groups excluding carboxylic acids is 2. The molecule has 1 aromatic heterocycles. The first-order chi connectivity index (χ1) is 15.4. The molecular weight excluding hydrogens is 475 g/mol. The van der Waals surface area contributed by atoms with Crippen LogP contribution < -0.4 is 10.0 Å². The zero-order chi connectivity index (χ0) is 24.6. The summed E-state index contributed by atoms with van der Waals surface area (Å²) >= 11 is 0.814. The number of rotatable bonds is 11. The second-order valence-electron chi connectivity index (χ2n) is 7.89. The lowest BCUT2D eigenvalue weighted by Gasteiger charge is -2.20. The minimum atomic E-state index is -4.09. The number of amides is 1. The minimum absolute atomic E-state index is 0.0355. The van der Waals surface area contributed by atoms with Crippen molar-refractivity contribution in [3.8, 4) is 0 Å². The molecule has 33 heavy (non-hydrogen) atoms. The number of carbonyl (C=O) groups is 2. The Morgan fingerprint density at radius 1 is 1.24 bits per heavy atom. The molecule has 2 aromatic rings. The fraction of sp³-hybridized carbons (Fsp3) is 0.429. The first kappa shape index (κ1) is 26.9. The van der Waals surface area contributed by atoms with Crippen molar-refractivity contribution in [2.24, 2.45) is 0 Å². The van der Waals surface area contributed by atoms with E-state index >= 15 is 0 Å². The van der Waals surface area contributed by atoms with Crippen molar-refractivity contribution in [2.45, 2.75) is 43.8 Å². The molecule has 2 N–H and O–H groups in total. The maximum atomic E-state index is 13.2. The third-order valence-electron chi connectivity index (χ3n) is 4.06. The van der Waals surface area contributed by atoms with E-state index in [0.717, 1.165) is 11.3 Å². The van der Waals surface area contributed by atoms with Gasteiger partial charge in [-0.3, -0.25) is 10.1 Å². The van der Waals surface area contributed by atoms with Gasteiger partial charge in [0.25, 0.3) is 0 Å². The van der Waals surface area contributed by atoms with E-state index in [2.05, 4.69) is 10.0 Å². The number of sulfonamides is 1. The van der Waals surface area contributed by atoms with Crippen LogP contribution in [-0.2, 0) is 24.2 Å². The largest absolute Gasteiger partial charge is 0.444 e. The van der Waals surface area contributed by atoms with Gasteiger partial charge in [-0.05, 0) is 51.0 Å². The molecule has 0 fully saturated rings. The van der Waals surface area contributed by atoms with Gasteiger partial charge in [0.05, 0.1) is 11.0 Å². The maximum Gasteiger partial charge on any atom is 0.412 e. The number of hydrogen-bond acceptors (Lipinski definition) is 8. The van der Waals surface area contributed by atoms with Crippen LogP contribution in [0.5, 0.6) is 0 Å². The van der Waals surface area contributed by atoms with Crippen molar-refractivity contribution in [2.75, 3.05) is 25.8 Å². The van der Waals surface area contributed by atoms with Gasteiger partial charge in [-0.25, -0.2) is 22.3 Å². The molecule has 12 heteroatoms. The predicted molar refractivity (Wildman–Crippen MR) is 121 cm³/mol. The van der Waals surface area contributed by atoms with E-state index < -0.39 is 33.6 Å². The fourth-order valence-electron chi connectivity index (χ4n) is 2.71. The molecule has 1 unspecified atom stereocenters. The SMILES string of the molecule is COCOC(CCNS(=O)(=O)c1cc(C=O)sc1NC(=O)OC(C)(C)C)c1ccc(F)cc1. The lowest BCUT2D eigenvalue weighted by Crippen LogP contribution is -2.29. The molecule has 0 aliphatic carbocycles. The monoisotopic (exact) mass is 502 g/mol. The third kappa shape index (κ3) is 8.48. The number of benzene rings is 1. The average molecular weight is 503 g/mol. The van der Waals surface area contributed by atoms with E-state index in [1.807, 2.05) is 0 Å². The highest BCUT2D eigenvalue weighted by atomic mass is 32.2. The Morgan fingerprint density at radius 2 is 1.91 bits per heavy atom. The van der Waals surface area contributed by atoms with Gasteiger partial charge in [-0.2, -0.15) is 0 Å². The van der Waals surface area contributed by atoms with E-state index in [9.17, 15) is 22.4 Å². The van der Waals surface area contributed by atoms with Crippen LogP contribution in [0.25, 0.3) is 0 Å². The summed E-state index contributed by atoms with van der Waals surface area (Å²) in [6.07, 6.45) is -0.691. The predicted octanol–water partition coefficient (Wildman–Crippen LogP) is 4.08. The second-order valence-corrected chi connectivity index (χ2v) is 10.7. The Bertz CT molecular complexity index is 1050. The summed E-state index contributed by atoms with van der Waals surface area (Å²) in [5, 5.41) is 2.35. The van der Waals surface area contributed by atoms with Crippen molar-refractivity contribution in [3.63, 3.8) is 0 Å². The first-order valence-electron chi connectivity index (χ1n) is 9.90. The zero-order valence-corrected chi connectivity index (χ0v) is 20.3. The Morgan fingerprint density at radius 3 is 2.48 bits per heavy atom. The summed E-state index contributed by atoms with van der Waals surface area (Å²) in [4.78, 5) is 23.2. The van der Waals surface area contributed by atoms with Crippen LogP contribution in [-0.4, -0.2) is 46.8 Å². The number of hydrogen-bond donors (Lipinski definition) is 2. The molecular formula is C21H27FN2O7S2. The van der Waals surface area contributed by atoms with Crippen molar-refractivity contribution >= 4 is 38.7 Å². The first-order valence-corrected chi connectivity index (χ1v) is 12.2. The van der Waals surface area contributed by atoms with Gasteiger partial charge >= 0.3 is 6.09 Å². The number of anilines is 1. The van der Waals surface area contributed by atoms with Crippen molar-refractivity contribution < 1.29 is 36.6 Å². The molecule has 1 amide bonds. The summed E-state index contributed by atoms with van der Waals surface area (Å²) in [6.45, 7) is 4.93. The van der Waals surface area contributed by atoms with Crippen molar-refractivity contribution in [3.05, 3.63) is 46.6 Å². The molecule has 182 valence electrons. The summed E-state index contributed by atoms with van der Waals surface area (Å²) < 4.78 is 57.1. The number of methoxy groups -OCH3 is 1. The fourth-order valence-corrected chi connectivity index (χ4v) is 5.11. The van der Waals surface area contributed by atoms with E-state index in [1.54, 1.807) is 32.9 Å². The summed E-state index contributed by atoms with van der Waals surface area (Å²) in [5.41, 5.74) is -0.136. The number of halogens is 1. The van der Waals surface area contributed by atoms with Crippen LogP contribution in [0.2, 0.25) is 0 Å². The normalized spacial score (nSPS) is 12.9. The van der Waals surface area contributed by atoms with Gasteiger partial charge in [0.15, 0.2) is 6.29 Å². The Kier molecular flexibility index (Phi) is 9.49. The van der Waals surface area contributed by atoms with Crippen LogP contribution in [0, 0.1) is 5.82 Å². The maximum absolute atomic E-state index is 13.2. The molecule has 0 bridgehead atoms. The van der Waals surface area contributed by atoms with Gasteiger partial charge in [0, 0.05) is 13.7 Å². The molecule has 1 heterocycles. The van der Waals surface area contributed by atoms with Gasteiger partial charge in [0.1, 0.15) is 28.1 Å². The second kappa shape index (κ2) is 11.7. The quantitative estimate of drug-likeness (QED) is 0.351. The summed E-state index contributed by atoms with van der Waals surface area (Å²) in [7, 11) is -2.64. The molecule has 0 aliphatic rings. The number of ether oxygens (including phenoxy) is 3. The summed E-state index contributed by atoms with van der Waals surface area (Å²) in [5.74, 6) is -0.404. The standard InChI is InChI=1S/C21H27FN2O7S2/c1-21(2,3)31-20(26)24-19-18(11-16(12-25)32-19)33(27,28)23-10-9-17(30-13-29-4)14-5-7-15(22)8-6-14/h5-8,11-12,17,23H,9-10,13H2,1-4H3,(H,24,26). The lowest BCUT2D eigenvalue weighted by atomic mass is 10.1.